The van der Waals surface area contributed by atoms with Crippen molar-refractivity contribution in [3.8, 4) is 5.75 Å². The van der Waals surface area contributed by atoms with Crippen LogP contribution in [0.15, 0.2) is 47.2 Å². The zero-order chi connectivity index (χ0) is 13.8. The van der Waals surface area contributed by atoms with Gasteiger partial charge in [-0.15, -0.1) is 0 Å². The first-order valence-corrected chi connectivity index (χ1v) is 6.64. The van der Waals surface area contributed by atoms with Crippen LogP contribution in [0.1, 0.15) is 18.6 Å². The molecule has 0 aliphatic heterocycles. The SMILES string of the molecule is CC(N)C(Oc1ccc(F)cc1Br)c1ccncc1. The molecule has 0 aliphatic rings. The minimum Gasteiger partial charge on any atom is -0.483 e. The molecule has 5 heteroatoms. The maximum atomic E-state index is 13.0. The van der Waals surface area contributed by atoms with Crippen molar-refractivity contribution in [3.63, 3.8) is 0 Å². The summed E-state index contributed by atoms with van der Waals surface area (Å²) in [6.07, 6.45) is 3.06. The lowest BCUT2D eigenvalue weighted by Crippen LogP contribution is -2.29. The summed E-state index contributed by atoms with van der Waals surface area (Å²) in [7, 11) is 0. The van der Waals surface area contributed by atoms with Crippen LogP contribution in [-0.2, 0) is 0 Å². The van der Waals surface area contributed by atoms with Crippen molar-refractivity contribution in [1.82, 2.24) is 4.98 Å². The van der Waals surface area contributed by atoms with Crippen LogP contribution in [-0.4, -0.2) is 11.0 Å². The quantitative estimate of drug-likeness (QED) is 0.937. The molecule has 0 bridgehead atoms. The van der Waals surface area contributed by atoms with Gasteiger partial charge in [-0.2, -0.15) is 0 Å². The molecule has 0 amide bonds. The zero-order valence-corrected chi connectivity index (χ0v) is 12.0. The van der Waals surface area contributed by atoms with Crippen LogP contribution in [0.4, 0.5) is 4.39 Å². The summed E-state index contributed by atoms with van der Waals surface area (Å²) >= 11 is 3.28. The highest BCUT2D eigenvalue weighted by atomic mass is 79.9. The van der Waals surface area contributed by atoms with Crippen LogP contribution in [0, 0.1) is 5.82 Å². The van der Waals surface area contributed by atoms with E-state index in [-0.39, 0.29) is 18.0 Å². The Morgan fingerprint density at radius 3 is 2.53 bits per heavy atom. The van der Waals surface area contributed by atoms with Gasteiger partial charge in [-0.05, 0) is 58.7 Å². The van der Waals surface area contributed by atoms with Gasteiger partial charge in [0.15, 0.2) is 0 Å². The zero-order valence-electron chi connectivity index (χ0n) is 10.4. The number of halogens is 2. The first-order chi connectivity index (χ1) is 9.08. The predicted octanol–water partition coefficient (Wildman–Crippen LogP) is 3.45. The van der Waals surface area contributed by atoms with Gasteiger partial charge in [0.2, 0.25) is 0 Å². The molecule has 3 nitrogen and oxygen atoms in total. The van der Waals surface area contributed by atoms with E-state index in [0.717, 1.165) is 5.56 Å². The number of pyridine rings is 1. The van der Waals surface area contributed by atoms with Crippen LogP contribution in [0.2, 0.25) is 0 Å². The second-order valence-electron chi connectivity index (χ2n) is 4.25. The smallest absolute Gasteiger partial charge is 0.139 e. The predicted molar refractivity (Wildman–Crippen MR) is 75.4 cm³/mol. The van der Waals surface area contributed by atoms with Gasteiger partial charge >= 0.3 is 0 Å². The summed E-state index contributed by atoms with van der Waals surface area (Å²) in [6.45, 7) is 1.86. The summed E-state index contributed by atoms with van der Waals surface area (Å²) in [6, 6.07) is 7.79. The van der Waals surface area contributed by atoms with Gasteiger partial charge in [0, 0.05) is 18.4 Å². The number of hydrogen-bond acceptors (Lipinski definition) is 3. The van der Waals surface area contributed by atoms with E-state index in [9.17, 15) is 4.39 Å². The molecule has 2 N–H and O–H groups in total. The number of ether oxygens (including phenoxy) is 1. The Morgan fingerprint density at radius 2 is 1.95 bits per heavy atom. The molecule has 19 heavy (non-hydrogen) atoms. The number of benzene rings is 1. The Hall–Kier alpha value is -1.46. The summed E-state index contributed by atoms with van der Waals surface area (Å²) in [5.41, 5.74) is 6.89. The number of hydrogen-bond donors (Lipinski definition) is 1. The molecule has 2 atom stereocenters. The highest BCUT2D eigenvalue weighted by Gasteiger charge is 2.19. The Bertz CT molecular complexity index is 548. The Kier molecular flexibility index (Phi) is 4.50. The molecule has 1 aromatic heterocycles. The summed E-state index contributed by atoms with van der Waals surface area (Å²) in [5, 5.41) is 0. The minimum absolute atomic E-state index is 0.209. The normalized spacial score (nSPS) is 13.9. The highest BCUT2D eigenvalue weighted by molar-refractivity contribution is 9.10. The van der Waals surface area contributed by atoms with Crippen molar-refractivity contribution in [2.45, 2.75) is 19.1 Å². The maximum absolute atomic E-state index is 13.0. The third-order valence-corrected chi connectivity index (χ3v) is 3.28. The van der Waals surface area contributed by atoms with Gasteiger partial charge in [0.25, 0.3) is 0 Å². The largest absolute Gasteiger partial charge is 0.483 e. The third kappa shape index (κ3) is 3.52. The molecule has 2 rings (SSSR count). The van der Waals surface area contributed by atoms with Gasteiger partial charge in [-0.3, -0.25) is 4.98 Å². The molecule has 0 spiro atoms. The molecule has 0 fully saturated rings. The molecule has 0 aliphatic carbocycles. The van der Waals surface area contributed by atoms with Crippen LogP contribution in [0.5, 0.6) is 5.75 Å². The Morgan fingerprint density at radius 1 is 1.26 bits per heavy atom. The first kappa shape index (κ1) is 14.0. The van der Waals surface area contributed by atoms with Gasteiger partial charge in [-0.25, -0.2) is 4.39 Å². The fraction of sp³-hybridized carbons (Fsp3) is 0.214. The van der Waals surface area contributed by atoms with E-state index >= 15 is 0 Å². The van der Waals surface area contributed by atoms with Gasteiger partial charge in [0.1, 0.15) is 17.7 Å². The monoisotopic (exact) mass is 324 g/mol. The van der Waals surface area contributed by atoms with Gasteiger partial charge in [0.05, 0.1) is 4.47 Å². The number of rotatable bonds is 4. The summed E-state index contributed by atoms with van der Waals surface area (Å²) < 4.78 is 19.5. The van der Waals surface area contributed by atoms with Crippen LogP contribution < -0.4 is 10.5 Å². The molecule has 0 saturated heterocycles. The standard InChI is InChI=1S/C14H14BrFN2O/c1-9(17)14(10-4-6-18-7-5-10)19-13-3-2-11(16)8-12(13)15/h2-9,14H,17H2,1H3. The molecule has 100 valence electrons. The molecule has 2 aromatic rings. The summed E-state index contributed by atoms with van der Waals surface area (Å²) in [4.78, 5) is 3.97. The lowest BCUT2D eigenvalue weighted by molar-refractivity contribution is 0.179. The lowest BCUT2D eigenvalue weighted by Gasteiger charge is -2.23. The highest BCUT2D eigenvalue weighted by Crippen LogP contribution is 2.30. The van der Waals surface area contributed by atoms with Crippen molar-refractivity contribution in [2.75, 3.05) is 0 Å². The van der Waals surface area contributed by atoms with Crippen molar-refractivity contribution >= 4 is 15.9 Å². The second kappa shape index (κ2) is 6.12. The van der Waals surface area contributed by atoms with Crippen LogP contribution >= 0.6 is 15.9 Å². The first-order valence-electron chi connectivity index (χ1n) is 5.85. The molecule has 1 heterocycles. The average molecular weight is 325 g/mol. The molecular weight excluding hydrogens is 311 g/mol. The van der Waals surface area contributed by atoms with Gasteiger partial charge < -0.3 is 10.5 Å². The van der Waals surface area contributed by atoms with E-state index in [1.54, 1.807) is 18.5 Å². The van der Waals surface area contributed by atoms with Gasteiger partial charge in [-0.1, -0.05) is 0 Å². The summed E-state index contributed by atoms with van der Waals surface area (Å²) in [5.74, 6) is 0.237. The van der Waals surface area contributed by atoms with E-state index in [4.69, 9.17) is 10.5 Å². The molecule has 0 radical (unpaired) electrons. The molecule has 0 saturated carbocycles. The van der Waals surface area contributed by atoms with Crippen molar-refractivity contribution in [2.24, 2.45) is 5.73 Å². The van der Waals surface area contributed by atoms with Crippen molar-refractivity contribution < 1.29 is 9.13 Å². The van der Waals surface area contributed by atoms with Crippen molar-refractivity contribution in [1.29, 1.82) is 0 Å². The van der Waals surface area contributed by atoms with E-state index in [1.165, 1.54) is 12.1 Å². The van der Waals surface area contributed by atoms with E-state index in [0.29, 0.717) is 10.2 Å². The number of nitrogens with zero attached hydrogens (tertiary/aromatic N) is 1. The number of nitrogens with two attached hydrogens (primary N) is 1. The number of aromatic nitrogens is 1. The van der Waals surface area contributed by atoms with E-state index in [1.807, 2.05) is 19.1 Å². The Balaban J connectivity index is 2.27. The lowest BCUT2D eigenvalue weighted by atomic mass is 10.1. The second-order valence-corrected chi connectivity index (χ2v) is 5.11. The van der Waals surface area contributed by atoms with Crippen molar-refractivity contribution in [3.05, 3.63) is 58.6 Å². The maximum Gasteiger partial charge on any atom is 0.139 e. The average Bonchev–Trinajstić information content (AvgIpc) is 2.38. The fourth-order valence-corrected chi connectivity index (χ4v) is 2.18. The van der Waals surface area contributed by atoms with E-state index < -0.39 is 0 Å². The molecular formula is C14H14BrFN2O. The minimum atomic E-state index is -0.319. The molecule has 2 unspecified atom stereocenters. The third-order valence-electron chi connectivity index (χ3n) is 2.66. The fourth-order valence-electron chi connectivity index (χ4n) is 1.74. The van der Waals surface area contributed by atoms with E-state index in [2.05, 4.69) is 20.9 Å². The topological polar surface area (TPSA) is 48.1 Å². The molecule has 1 aromatic carbocycles. The Labute approximate surface area is 119 Å². The van der Waals surface area contributed by atoms with Crippen LogP contribution in [0.3, 0.4) is 0 Å². The van der Waals surface area contributed by atoms with Crippen LogP contribution in [0.25, 0.3) is 0 Å².